The molecule has 2 rings (SSSR count). The lowest BCUT2D eigenvalue weighted by Gasteiger charge is -2.14. The van der Waals surface area contributed by atoms with Crippen molar-refractivity contribution < 1.29 is 4.74 Å². The first-order valence-corrected chi connectivity index (χ1v) is 9.14. The van der Waals surface area contributed by atoms with E-state index in [0.29, 0.717) is 19.7 Å². The highest BCUT2D eigenvalue weighted by Crippen LogP contribution is 2.12. The van der Waals surface area contributed by atoms with Crippen molar-refractivity contribution in [3.63, 3.8) is 0 Å². The van der Waals surface area contributed by atoms with Crippen LogP contribution in [0, 0.1) is 13.8 Å². The Kier molecular flexibility index (Phi) is 7.66. The second kappa shape index (κ2) is 9.97. The van der Waals surface area contributed by atoms with Crippen molar-refractivity contribution >= 4 is 5.96 Å². The Labute approximate surface area is 156 Å². The molecule has 0 spiro atoms. The number of guanidine groups is 1. The Bertz CT molecular complexity index is 736. The summed E-state index contributed by atoms with van der Waals surface area (Å²) in [4.78, 5) is 4.33. The van der Waals surface area contributed by atoms with Crippen molar-refractivity contribution in [2.24, 2.45) is 12.0 Å². The predicted octanol–water partition coefficient (Wildman–Crippen LogP) is 2.83. The number of benzene rings is 1. The van der Waals surface area contributed by atoms with Gasteiger partial charge in [-0.05, 0) is 31.4 Å². The minimum Gasteiger partial charge on any atom is -0.377 e. The molecule has 0 unspecified atom stereocenters. The summed E-state index contributed by atoms with van der Waals surface area (Å²) >= 11 is 0. The molecule has 6 nitrogen and oxygen atoms in total. The largest absolute Gasteiger partial charge is 0.377 e. The highest BCUT2D eigenvalue weighted by molar-refractivity contribution is 5.79. The van der Waals surface area contributed by atoms with Crippen molar-refractivity contribution in [2.75, 3.05) is 13.7 Å². The molecule has 2 N–H and O–H groups in total. The van der Waals surface area contributed by atoms with Gasteiger partial charge >= 0.3 is 0 Å². The molecule has 0 saturated carbocycles. The van der Waals surface area contributed by atoms with E-state index in [-0.39, 0.29) is 0 Å². The fourth-order valence-electron chi connectivity index (χ4n) is 2.84. The SMILES string of the molecule is CCCOCc1ccccc1CNC(=NC)NCc1c(C)nn(C)c1C. The fraction of sp³-hybridized carbons (Fsp3) is 0.500. The topological polar surface area (TPSA) is 63.5 Å². The van der Waals surface area contributed by atoms with Crippen LogP contribution in [0.25, 0.3) is 0 Å². The molecule has 0 aliphatic rings. The van der Waals surface area contributed by atoms with Gasteiger partial charge in [-0.2, -0.15) is 5.10 Å². The van der Waals surface area contributed by atoms with E-state index in [1.165, 1.54) is 22.4 Å². The molecule has 0 atom stereocenters. The number of nitrogens with one attached hydrogen (secondary N) is 2. The first kappa shape index (κ1) is 20.0. The van der Waals surface area contributed by atoms with Crippen LogP contribution in [0.15, 0.2) is 29.3 Å². The number of nitrogens with zero attached hydrogens (tertiary/aromatic N) is 3. The molecule has 1 heterocycles. The van der Waals surface area contributed by atoms with E-state index in [1.807, 2.05) is 18.7 Å². The van der Waals surface area contributed by atoms with Gasteiger partial charge in [0.05, 0.1) is 12.3 Å². The maximum atomic E-state index is 5.69. The average molecular weight is 358 g/mol. The average Bonchev–Trinajstić information content (AvgIpc) is 2.88. The maximum Gasteiger partial charge on any atom is 0.191 e. The lowest BCUT2D eigenvalue weighted by molar-refractivity contribution is 0.121. The van der Waals surface area contributed by atoms with Gasteiger partial charge in [0.25, 0.3) is 0 Å². The molecule has 6 heteroatoms. The Morgan fingerprint density at radius 2 is 1.85 bits per heavy atom. The van der Waals surface area contributed by atoms with Crippen LogP contribution >= 0.6 is 0 Å². The second-order valence-corrected chi connectivity index (χ2v) is 6.37. The van der Waals surface area contributed by atoms with E-state index in [4.69, 9.17) is 4.74 Å². The van der Waals surface area contributed by atoms with Gasteiger partial charge in [-0.25, -0.2) is 0 Å². The van der Waals surface area contributed by atoms with Crippen LogP contribution in [0.2, 0.25) is 0 Å². The third kappa shape index (κ3) is 5.33. The molecule has 0 aliphatic heterocycles. The smallest absolute Gasteiger partial charge is 0.191 e. The van der Waals surface area contributed by atoms with Crippen molar-refractivity contribution in [3.05, 3.63) is 52.3 Å². The normalized spacial score (nSPS) is 11.7. The van der Waals surface area contributed by atoms with Crippen LogP contribution in [0.1, 0.15) is 41.4 Å². The van der Waals surface area contributed by atoms with Gasteiger partial charge in [0.15, 0.2) is 5.96 Å². The molecule has 2 aromatic rings. The van der Waals surface area contributed by atoms with Crippen molar-refractivity contribution in [1.82, 2.24) is 20.4 Å². The summed E-state index contributed by atoms with van der Waals surface area (Å²) in [5.41, 5.74) is 5.86. The van der Waals surface area contributed by atoms with E-state index in [1.54, 1.807) is 7.05 Å². The zero-order chi connectivity index (χ0) is 18.9. The molecule has 0 bridgehead atoms. The number of aliphatic imine (C=N–C) groups is 1. The number of rotatable bonds is 8. The predicted molar refractivity (Wildman–Crippen MR) is 106 cm³/mol. The third-order valence-corrected chi connectivity index (χ3v) is 4.49. The van der Waals surface area contributed by atoms with Crippen molar-refractivity contribution in [1.29, 1.82) is 0 Å². The lowest BCUT2D eigenvalue weighted by atomic mass is 10.1. The Morgan fingerprint density at radius 1 is 1.15 bits per heavy atom. The molecule has 1 aromatic heterocycles. The van der Waals surface area contributed by atoms with Crippen LogP contribution in [-0.4, -0.2) is 29.4 Å². The van der Waals surface area contributed by atoms with Gasteiger partial charge < -0.3 is 15.4 Å². The van der Waals surface area contributed by atoms with Gasteiger partial charge in [-0.15, -0.1) is 0 Å². The molecule has 1 aromatic carbocycles. The second-order valence-electron chi connectivity index (χ2n) is 6.37. The monoisotopic (exact) mass is 357 g/mol. The molecule has 0 amide bonds. The van der Waals surface area contributed by atoms with Gasteiger partial charge in [-0.3, -0.25) is 9.67 Å². The van der Waals surface area contributed by atoms with Crippen LogP contribution in [0.5, 0.6) is 0 Å². The first-order chi connectivity index (χ1) is 12.6. The summed E-state index contributed by atoms with van der Waals surface area (Å²) in [6, 6.07) is 8.35. The molecule has 0 aliphatic carbocycles. The van der Waals surface area contributed by atoms with Gasteiger partial charge in [-0.1, -0.05) is 31.2 Å². The number of hydrogen-bond acceptors (Lipinski definition) is 3. The van der Waals surface area contributed by atoms with Crippen LogP contribution in [0.3, 0.4) is 0 Å². The Hall–Kier alpha value is -2.34. The number of aromatic nitrogens is 2. The summed E-state index contributed by atoms with van der Waals surface area (Å²) < 4.78 is 7.61. The molecule has 26 heavy (non-hydrogen) atoms. The van der Waals surface area contributed by atoms with Crippen molar-refractivity contribution in [3.8, 4) is 0 Å². The summed E-state index contributed by atoms with van der Waals surface area (Å²) in [6.45, 7) is 9.07. The number of hydrogen-bond donors (Lipinski definition) is 2. The zero-order valence-electron chi connectivity index (χ0n) is 16.6. The van der Waals surface area contributed by atoms with Gasteiger partial charge in [0.2, 0.25) is 0 Å². The van der Waals surface area contributed by atoms with Crippen LogP contribution in [-0.2, 0) is 31.5 Å². The lowest BCUT2D eigenvalue weighted by Crippen LogP contribution is -2.36. The molecule has 0 radical (unpaired) electrons. The maximum absolute atomic E-state index is 5.69. The Morgan fingerprint density at radius 3 is 2.46 bits per heavy atom. The molecular formula is C20H31N5O. The van der Waals surface area contributed by atoms with E-state index >= 15 is 0 Å². The molecule has 0 saturated heterocycles. The summed E-state index contributed by atoms with van der Waals surface area (Å²) in [7, 11) is 3.75. The fourth-order valence-corrected chi connectivity index (χ4v) is 2.84. The molecular weight excluding hydrogens is 326 g/mol. The zero-order valence-corrected chi connectivity index (χ0v) is 16.6. The van der Waals surface area contributed by atoms with E-state index in [0.717, 1.165) is 24.7 Å². The molecule has 142 valence electrons. The van der Waals surface area contributed by atoms with Gasteiger partial charge in [0, 0.05) is 45.0 Å². The summed E-state index contributed by atoms with van der Waals surface area (Å²) in [6.07, 6.45) is 1.03. The highest BCUT2D eigenvalue weighted by Gasteiger charge is 2.10. The highest BCUT2D eigenvalue weighted by atomic mass is 16.5. The quantitative estimate of drug-likeness (QED) is 0.433. The van der Waals surface area contributed by atoms with Gasteiger partial charge in [0.1, 0.15) is 0 Å². The van der Waals surface area contributed by atoms with E-state index in [2.05, 4.69) is 58.8 Å². The number of aryl methyl sites for hydroxylation is 2. The Balaban J connectivity index is 1.93. The minimum absolute atomic E-state index is 0.645. The van der Waals surface area contributed by atoms with E-state index in [9.17, 15) is 0 Å². The summed E-state index contributed by atoms with van der Waals surface area (Å²) in [5.74, 6) is 0.775. The minimum atomic E-state index is 0.645. The van der Waals surface area contributed by atoms with Crippen LogP contribution in [0.4, 0.5) is 0 Å². The van der Waals surface area contributed by atoms with E-state index < -0.39 is 0 Å². The number of ether oxygens (including phenoxy) is 1. The third-order valence-electron chi connectivity index (χ3n) is 4.49. The van der Waals surface area contributed by atoms with Crippen LogP contribution < -0.4 is 10.6 Å². The standard InChI is InChI=1S/C20H31N5O/c1-6-11-26-14-18-10-8-7-9-17(18)12-22-20(21-4)23-13-19-15(2)24-25(5)16(19)3/h7-10H,6,11-14H2,1-5H3,(H2,21,22,23). The summed E-state index contributed by atoms with van der Waals surface area (Å²) in [5, 5.41) is 11.2. The first-order valence-electron chi connectivity index (χ1n) is 9.14. The molecule has 0 fully saturated rings. The van der Waals surface area contributed by atoms with Crippen molar-refractivity contribution in [2.45, 2.75) is 46.9 Å².